The molecular weight excluding hydrogens is 392 g/mol. The molecule has 3 heterocycles. The minimum atomic E-state index is -0.449. The Morgan fingerprint density at radius 1 is 1.03 bits per heavy atom. The van der Waals surface area contributed by atoms with Crippen molar-refractivity contribution in [3.05, 3.63) is 60.4 Å². The zero-order valence-corrected chi connectivity index (χ0v) is 17.3. The standard InChI is InChI=1S/C25H26N2O4/c28-22-8-18-13-27(12-17-3-1-2-16-11-26-7-6-21(16)17)14-19(18)9-24(22)31-20-4-5-23-25(10-20)30-15-29-23/h1-7,10-11,18-19,22,24,28H,8-9,12-15H2/t18-,19+,22+,24+/m0/s1. The summed E-state index contributed by atoms with van der Waals surface area (Å²) >= 11 is 0. The van der Waals surface area contributed by atoms with Gasteiger partial charge in [-0.3, -0.25) is 9.88 Å². The summed E-state index contributed by atoms with van der Waals surface area (Å²) in [5, 5.41) is 13.2. The predicted molar refractivity (Wildman–Crippen MR) is 116 cm³/mol. The Morgan fingerprint density at radius 2 is 1.90 bits per heavy atom. The molecule has 3 aliphatic rings. The van der Waals surface area contributed by atoms with E-state index in [2.05, 4.69) is 34.1 Å². The number of pyridine rings is 1. The first-order chi connectivity index (χ1) is 15.2. The summed E-state index contributed by atoms with van der Waals surface area (Å²) < 4.78 is 17.0. The second kappa shape index (κ2) is 7.70. The summed E-state index contributed by atoms with van der Waals surface area (Å²) in [6.45, 7) is 3.25. The minimum absolute atomic E-state index is 0.190. The molecule has 6 nitrogen and oxygen atoms in total. The number of likely N-dealkylation sites (tertiary alicyclic amines) is 1. The molecule has 0 amide bonds. The highest BCUT2D eigenvalue weighted by Gasteiger charge is 2.42. The van der Waals surface area contributed by atoms with Crippen molar-refractivity contribution in [2.75, 3.05) is 19.9 Å². The molecule has 0 spiro atoms. The quantitative estimate of drug-likeness (QED) is 0.698. The SMILES string of the molecule is O[C@@H]1C[C@H]2CN(Cc3cccc4cnccc34)C[C@H]2C[C@H]1Oc1ccc2c(c1)OCO2. The first-order valence-electron chi connectivity index (χ1n) is 11.0. The Morgan fingerprint density at radius 3 is 2.84 bits per heavy atom. The maximum atomic E-state index is 10.8. The number of aromatic nitrogens is 1. The van der Waals surface area contributed by atoms with Gasteiger partial charge in [-0.05, 0) is 53.8 Å². The lowest BCUT2D eigenvalue weighted by Gasteiger charge is -2.35. The molecule has 0 bridgehead atoms. The number of aliphatic hydroxyl groups is 1. The topological polar surface area (TPSA) is 64.1 Å². The zero-order valence-electron chi connectivity index (χ0n) is 17.3. The van der Waals surface area contributed by atoms with Crippen LogP contribution in [0.5, 0.6) is 17.2 Å². The van der Waals surface area contributed by atoms with E-state index in [9.17, 15) is 5.11 Å². The van der Waals surface area contributed by atoms with E-state index in [0.29, 0.717) is 17.6 Å². The van der Waals surface area contributed by atoms with E-state index in [1.54, 1.807) is 0 Å². The molecule has 31 heavy (non-hydrogen) atoms. The lowest BCUT2D eigenvalue weighted by molar-refractivity contribution is -0.0232. The van der Waals surface area contributed by atoms with E-state index in [1.807, 2.05) is 30.6 Å². The van der Waals surface area contributed by atoms with Crippen LogP contribution in [-0.4, -0.2) is 47.1 Å². The summed E-state index contributed by atoms with van der Waals surface area (Å²) in [6.07, 6.45) is 4.81. The van der Waals surface area contributed by atoms with Gasteiger partial charge in [0.05, 0.1) is 6.10 Å². The van der Waals surface area contributed by atoms with Gasteiger partial charge in [0.1, 0.15) is 11.9 Å². The highest BCUT2D eigenvalue weighted by Crippen LogP contribution is 2.40. The van der Waals surface area contributed by atoms with Crippen molar-refractivity contribution in [2.24, 2.45) is 11.8 Å². The number of nitrogens with zero attached hydrogens (tertiary/aromatic N) is 2. The van der Waals surface area contributed by atoms with E-state index in [1.165, 1.54) is 16.3 Å². The van der Waals surface area contributed by atoms with Gasteiger partial charge < -0.3 is 19.3 Å². The van der Waals surface area contributed by atoms with Gasteiger partial charge in [-0.1, -0.05) is 18.2 Å². The molecule has 6 rings (SSSR count). The van der Waals surface area contributed by atoms with Crippen LogP contribution in [0.1, 0.15) is 18.4 Å². The first-order valence-corrected chi connectivity index (χ1v) is 11.0. The number of benzene rings is 2. The molecule has 1 aromatic heterocycles. The lowest BCUT2D eigenvalue weighted by Crippen LogP contribution is -2.42. The van der Waals surface area contributed by atoms with Crippen LogP contribution in [0.3, 0.4) is 0 Å². The van der Waals surface area contributed by atoms with Crippen LogP contribution in [0.15, 0.2) is 54.9 Å². The highest BCUT2D eigenvalue weighted by molar-refractivity contribution is 5.84. The Labute approximate surface area is 181 Å². The fraction of sp³-hybridized carbons (Fsp3) is 0.400. The van der Waals surface area contributed by atoms with Gasteiger partial charge >= 0.3 is 0 Å². The Kier molecular flexibility index (Phi) is 4.69. The lowest BCUT2D eigenvalue weighted by atomic mass is 9.78. The van der Waals surface area contributed by atoms with Crippen LogP contribution in [0.25, 0.3) is 10.8 Å². The number of rotatable bonds is 4. The van der Waals surface area contributed by atoms with Crippen LogP contribution in [0.2, 0.25) is 0 Å². The van der Waals surface area contributed by atoms with Gasteiger partial charge in [-0.2, -0.15) is 0 Å². The van der Waals surface area contributed by atoms with Gasteiger partial charge in [0, 0.05) is 43.5 Å². The molecule has 2 aromatic carbocycles. The zero-order chi connectivity index (χ0) is 20.8. The molecule has 1 saturated carbocycles. The molecule has 0 unspecified atom stereocenters. The van der Waals surface area contributed by atoms with E-state index < -0.39 is 6.10 Å². The van der Waals surface area contributed by atoms with Crippen LogP contribution in [0, 0.1) is 11.8 Å². The van der Waals surface area contributed by atoms with Crippen molar-refractivity contribution < 1.29 is 19.3 Å². The van der Waals surface area contributed by atoms with Crippen molar-refractivity contribution in [2.45, 2.75) is 31.6 Å². The third-order valence-electron chi connectivity index (χ3n) is 6.96. The number of fused-ring (bicyclic) bond motifs is 3. The van der Waals surface area contributed by atoms with Gasteiger partial charge in [-0.25, -0.2) is 0 Å². The largest absolute Gasteiger partial charge is 0.488 e. The van der Waals surface area contributed by atoms with Crippen LogP contribution in [0.4, 0.5) is 0 Å². The number of aliphatic hydroxyl groups excluding tert-OH is 1. The minimum Gasteiger partial charge on any atom is -0.488 e. The van der Waals surface area contributed by atoms with Crippen molar-refractivity contribution in [1.29, 1.82) is 0 Å². The average Bonchev–Trinajstić information content (AvgIpc) is 3.40. The molecule has 2 aliphatic heterocycles. The van der Waals surface area contributed by atoms with E-state index in [-0.39, 0.29) is 12.9 Å². The van der Waals surface area contributed by atoms with Crippen LogP contribution < -0.4 is 14.2 Å². The van der Waals surface area contributed by atoms with Crippen LogP contribution in [-0.2, 0) is 6.54 Å². The molecule has 3 aromatic rings. The van der Waals surface area contributed by atoms with E-state index in [0.717, 1.165) is 44.0 Å². The fourth-order valence-electron chi connectivity index (χ4n) is 5.44. The summed E-state index contributed by atoms with van der Waals surface area (Å²) in [5.41, 5.74) is 1.34. The van der Waals surface area contributed by atoms with Gasteiger partial charge in [0.25, 0.3) is 0 Å². The number of hydrogen-bond acceptors (Lipinski definition) is 6. The number of ether oxygens (including phenoxy) is 3. The second-order valence-corrected chi connectivity index (χ2v) is 8.94. The molecule has 1 saturated heterocycles. The molecule has 2 fully saturated rings. The molecule has 6 heteroatoms. The summed E-state index contributed by atoms with van der Waals surface area (Å²) in [6, 6.07) is 14.2. The monoisotopic (exact) mass is 418 g/mol. The fourth-order valence-corrected chi connectivity index (χ4v) is 5.44. The summed E-state index contributed by atoms with van der Waals surface area (Å²) in [4.78, 5) is 6.77. The summed E-state index contributed by atoms with van der Waals surface area (Å²) in [7, 11) is 0. The van der Waals surface area contributed by atoms with Crippen molar-refractivity contribution >= 4 is 10.8 Å². The highest BCUT2D eigenvalue weighted by atomic mass is 16.7. The second-order valence-electron chi connectivity index (χ2n) is 8.94. The smallest absolute Gasteiger partial charge is 0.231 e. The normalized spacial score (nSPS) is 27.4. The third-order valence-corrected chi connectivity index (χ3v) is 6.96. The van der Waals surface area contributed by atoms with Crippen LogP contribution >= 0.6 is 0 Å². The Balaban J connectivity index is 1.14. The maximum absolute atomic E-state index is 10.8. The number of hydrogen-bond donors (Lipinski definition) is 1. The average molecular weight is 418 g/mol. The molecule has 1 aliphatic carbocycles. The molecular formula is C25H26N2O4. The predicted octanol–water partition coefficient (Wildman–Crippen LogP) is 3.61. The van der Waals surface area contributed by atoms with E-state index >= 15 is 0 Å². The molecule has 0 radical (unpaired) electrons. The van der Waals surface area contributed by atoms with Crippen molar-refractivity contribution in [1.82, 2.24) is 9.88 Å². The molecule has 160 valence electrons. The Hall–Kier alpha value is -2.83. The van der Waals surface area contributed by atoms with Crippen molar-refractivity contribution in [3.63, 3.8) is 0 Å². The first kappa shape index (κ1) is 18.9. The summed E-state index contributed by atoms with van der Waals surface area (Å²) in [5.74, 6) is 3.23. The maximum Gasteiger partial charge on any atom is 0.231 e. The molecule has 1 N–H and O–H groups in total. The third kappa shape index (κ3) is 3.60. The van der Waals surface area contributed by atoms with Gasteiger partial charge in [-0.15, -0.1) is 0 Å². The van der Waals surface area contributed by atoms with Gasteiger partial charge in [0.2, 0.25) is 6.79 Å². The van der Waals surface area contributed by atoms with Crippen molar-refractivity contribution in [3.8, 4) is 17.2 Å². The Bertz CT molecular complexity index is 1100. The van der Waals surface area contributed by atoms with E-state index in [4.69, 9.17) is 14.2 Å². The molecule has 4 atom stereocenters. The van der Waals surface area contributed by atoms with Gasteiger partial charge in [0.15, 0.2) is 11.5 Å².